The van der Waals surface area contributed by atoms with Crippen molar-refractivity contribution in [3.05, 3.63) is 74.7 Å². The molecule has 1 N–H and O–H groups in total. The van der Waals surface area contributed by atoms with Crippen molar-refractivity contribution in [2.45, 2.75) is 38.5 Å². The first kappa shape index (κ1) is 28.8. The molecule has 0 saturated heterocycles. The summed E-state index contributed by atoms with van der Waals surface area (Å²) in [5.74, 6) is 0.0642. The van der Waals surface area contributed by atoms with Crippen LogP contribution in [0.4, 0.5) is 11.4 Å². The number of hydrogen-bond donors (Lipinski definition) is 1. The number of carbonyl (C=O) groups is 1. The van der Waals surface area contributed by atoms with Gasteiger partial charge in [-0.3, -0.25) is 9.10 Å². The van der Waals surface area contributed by atoms with E-state index in [4.69, 9.17) is 21.1 Å². The molecule has 1 amide bonds. The fraction of sp³-hybridized carbons (Fsp3) is 0.296. The number of anilines is 2. The van der Waals surface area contributed by atoms with Crippen LogP contribution in [0.3, 0.4) is 0 Å². The topological polar surface area (TPSA) is 84.9 Å². The van der Waals surface area contributed by atoms with E-state index in [-0.39, 0.29) is 21.4 Å². The molecule has 37 heavy (non-hydrogen) atoms. The molecule has 3 aromatic rings. The summed E-state index contributed by atoms with van der Waals surface area (Å²) >= 11 is 9.86. The van der Waals surface area contributed by atoms with Crippen molar-refractivity contribution in [3.63, 3.8) is 0 Å². The van der Waals surface area contributed by atoms with Gasteiger partial charge in [-0.1, -0.05) is 47.4 Å². The Hall–Kier alpha value is -2.75. The molecule has 0 bridgehead atoms. The molecule has 0 fully saturated rings. The summed E-state index contributed by atoms with van der Waals surface area (Å²) in [6.45, 7) is 5.30. The summed E-state index contributed by atoms with van der Waals surface area (Å²) in [5, 5.41) is 3.17. The minimum atomic E-state index is -4.24. The van der Waals surface area contributed by atoms with Crippen LogP contribution in [0.1, 0.15) is 30.5 Å². The van der Waals surface area contributed by atoms with Gasteiger partial charge in [0.15, 0.2) is 0 Å². The van der Waals surface area contributed by atoms with E-state index in [1.54, 1.807) is 31.2 Å². The number of sulfonamides is 1. The SMILES string of the molecule is CCc1cc(Br)cc(CC)c1NC(=O)CN(c1ccc(OC)c(Cl)c1)S(=O)(=O)c1cc(C)ccc1OC. The zero-order chi connectivity index (χ0) is 27.3. The Bertz CT molecular complexity index is 1390. The quantitative estimate of drug-likeness (QED) is 0.288. The van der Waals surface area contributed by atoms with Crippen molar-refractivity contribution >= 4 is 54.8 Å². The van der Waals surface area contributed by atoms with Gasteiger partial charge in [-0.15, -0.1) is 0 Å². The molecule has 10 heteroatoms. The average molecular weight is 610 g/mol. The molecular weight excluding hydrogens is 580 g/mol. The highest BCUT2D eigenvalue weighted by Crippen LogP contribution is 2.35. The number of nitrogens with one attached hydrogen (secondary N) is 1. The van der Waals surface area contributed by atoms with Gasteiger partial charge in [-0.2, -0.15) is 0 Å². The number of rotatable bonds is 10. The van der Waals surface area contributed by atoms with Crippen LogP contribution < -0.4 is 19.1 Å². The molecule has 0 spiro atoms. The Labute approximate surface area is 231 Å². The molecule has 0 unspecified atom stereocenters. The van der Waals surface area contributed by atoms with Gasteiger partial charge in [-0.25, -0.2) is 8.42 Å². The maximum Gasteiger partial charge on any atom is 0.268 e. The van der Waals surface area contributed by atoms with Crippen LogP contribution in [0, 0.1) is 6.92 Å². The second kappa shape index (κ2) is 12.2. The van der Waals surface area contributed by atoms with E-state index in [1.165, 1.54) is 26.4 Å². The number of carbonyl (C=O) groups excluding carboxylic acids is 1. The predicted octanol–water partition coefficient (Wildman–Crippen LogP) is 6.39. The monoisotopic (exact) mass is 608 g/mol. The molecule has 3 rings (SSSR count). The largest absolute Gasteiger partial charge is 0.495 e. The van der Waals surface area contributed by atoms with Gasteiger partial charge in [0.25, 0.3) is 10.0 Å². The number of hydrogen-bond acceptors (Lipinski definition) is 5. The Balaban J connectivity index is 2.10. The van der Waals surface area contributed by atoms with Crippen LogP contribution in [0.2, 0.25) is 5.02 Å². The standard InChI is InChI=1S/C27H30BrClN2O5S/c1-6-18-13-20(28)14-19(7-2)27(18)30-26(32)16-31(21-9-11-23(35-4)22(29)15-21)37(33,34)25-12-17(3)8-10-24(25)36-5/h8-15H,6-7,16H2,1-5H3,(H,30,32). The molecule has 198 valence electrons. The minimum absolute atomic E-state index is 0.0538. The third-order valence-electron chi connectivity index (χ3n) is 5.89. The number of aryl methyl sites for hydroxylation is 3. The summed E-state index contributed by atoms with van der Waals surface area (Å²) < 4.78 is 40.5. The second-order valence-corrected chi connectivity index (χ2v) is 11.5. The van der Waals surface area contributed by atoms with Crippen LogP contribution in [-0.4, -0.2) is 35.1 Å². The van der Waals surface area contributed by atoms with Crippen molar-refractivity contribution in [2.24, 2.45) is 0 Å². The molecule has 0 aromatic heterocycles. The normalized spacial score (nSPS) is 11.2. The molecule has 0 atom stereocenters. The van der Waals surface area contributed by atoms with Crippen molar-refractivity contribution in [1.29, 1.82) is 0 Å². The Morgan fingerprint density at radius 3 is 2.11 bits per heavy atom. The second-order valence-electron chi connectivity index (χ2n) is 8.34. The molecule has 3 aromatic carbocycles. The molecule has 0 saturated carbocycles. The van der Waals surface area contributed by atoms with E-state index in [2.05, 4.69) is 21.2 Å². The maximum atomic E-state index is 14.0. The third-order valence-corrected chi connectivity index (χ3v) is 8.44. The summed E-state index contributed by atoms with van der Waals surface area (Å²) in [6, 6.07) is 13.3. The lowest BCUT2D eigenvalue weighted by atomic mass is 10.0. The third kappa shape index (κ3) is 6.40. The number of ether oxygens (including phenoxy) is 2. The van der Waals surface area contributed by atoms with E-state index < -0.39 is 22.5 Å². The molecule has 7 nitrogen and oxygen atoms in total. The smallest absolute Gasteiger partial charge is 0.268 e. The number of amides is 1. The molecule has 0 aliphatic heterocycles. The predicted molar refractivity (Wildman–Crippen MR) is 152 cm³/mol. The number of benzene rings is 3. The van der Waals surface area contributed by atoms with Gasteiger partial charge in [0.05, 0.1) is 24.9 Å². The Morgan fingerprint density at radius 2 is 1.57 bits per heavy atom. The summed E-state index contributed by atoms with van der Waals surface area (Å²) in [6.07, 6.45) is 1.39. The first-order valence-electron chi connectivity index (χ1n) is 11.7. The summed E-state index contributed by atoms with van der Waals surface area (Å²) in [5.41, 5.74) is 3.53. The lowest BCUT2D eigenvalue weighted by Gasteiger charge is -2.26. The van der Waals surface area contributed by atoms with Crippen LogP contribution in [0.5, 0.6) is 11.5 Å². The lowest BCUT2D eigenvalue weighted by Crippen LogP contribution is -2.38. The van der Waals surface area contributed by atoms with Gasteiger partial charge in [0.2, 0.25) is 5.91 Å². The van der Waals surface area contributed by atoms with E-state index in [1.807, 2.05) is 26.0 Å². The molecule has 0 aliphatic carbocycles. The number of nitrogens with zero attached hydrogens (tertiary/aromatic N) is 1. The van der Waals surface area contributed by atoms with Crippen molar-refractivity contribution < 1.29 is 22.7 Å². The zero-order valence-corrected chi connectivity index (χ0v) is 24.6. The van der Waals surface area contributed by atoms with Gasteiger partial charge >= 0.3 is 0 Å². The van der Waals surface area contributed by atoms with Crippen LogP contribution >= 0.6 is 27.5 Å². The van der Waals surface area contributed by atoms with Crippen LogP contribution in [0.25, 0.3) is 0 Å². The fourth-order valence-corrected chi connectivity index (χ4v) is 6.44. The summed E-state index contributed by atoms with van der Waals surface area (Å²) in [7, 11) is -1.37. The fourth-order valence-electron chi connectivity index (χ4n) is 3.98. The zero-order valence-electron chi connectivity index (χ0n) is 21.4. The van der Waals surface area contributed by atoms with Crippen LogP contribution in [0.15, 0.2) is 57.9 Å². The molecule has 0 radical (unpaired) electrons. The lowest BCUT2D eigenvalue weighted by molar-refractivity contribution is -0.114. The van der Waals surface area contributed by atoms with Gasteiger partial charge in [-0.05, 0) is 78.9 Å². The van der Waals surface area contributed by atoms with E-state index in [0.29, 0.717) is 24.3 Å². The Kier molecular flexibility index (Phi) is 9.50. The van der Waals surface area contributed by atoms with Crippen LogP contribution in [-0.2, 0) is 27.7 Å². The van der Waals surface area contributed by atoms with Gasteiger partial charge < -0.3 is 14.8 Å². The van der Waals surface area contributed by atoms with E-state index in [0.717, 1.165) is 25.5 Å². The van der Waals surface area contributed by atoms with E-state index >= 15 is 0 Å². The van der Waals surface area contributed by atoms with E-state index in [9.17, 15) is 13.2 Å². The highest BCUT2D eigenvalue weighted by Gasteiger charge is 2.31. The molecule has 0 heterocycles. The Morgan fingerprint density at radius 1 is 0.973 bits per heavy atom. The van der Waals surface area contributed by atoms with Gasteiger partial charge in [0, 0.05) is 10.2 Å². The molecule has 0 aliphatic rings. The molecular formula is C27H30BrClN2O5S. The number of methoxy groups -OCH3 is 2. The summed E-state index contributed by atoms with van der Waals surface area (Å²) in [4.78, 5) is 13.4. The number of halogens is 2. The van der Waals surface area contributed by atoms with Crippen molar-refractivity contribution in [3.8, 4) is 11.5 Å². The highest BCUT2D eigenvalue weighted by molar-refractivity contribution is 9.10. The first-order valence-corrected chi connectivity index (χ1v) is 14.3. The highest BCUT2D eigenvalue weighted by atomic mass is 79.9. The first-order chi connectivity index (χ1) is 17.5. The minimum Gasteiger partial charge on any atom is -0.495 e. The maximum absolute atomic E-state index is 14.0. The van der Waals surface area contributed by atoms with Crippen molar-refractivity contribution in [1.82, 2.24) is 0 Å². The average Bonchev–Trinajstić information content (AvgIpc) is 2.87. The van der Waals surface area contributed by atoms with Gasteiger partial charge in [0.1, 0.15) is 22.9 Å². The van der Waals surface area contributed by atoms with Crippen molar-refractivity contribution in [2.75, 3.05) is 30.4 Å².